The predicted octanol–water partition coefficient (Wildman–Crippen LogP) is 3.53. The van der Waals surface area contributed by atoms with Crippen LogP contribution in [0.4, 0.5) is 10.1 Å². The number of nitrogens with zero attached hydrogens (tertiary/aromatic N) is 1. The maximum absolute atomic E-state index is 13.1. The largest absolute Gasteiger partial charge is 0.441 e. The van der Waals surface area contributed by atoms with E-state index in [-0.39, 0.29) is 5.91 Å². The van der Waals surface area contributed by atoms with E-state index in [2.05, 4.69) is 10.3 Å². The summed E-state index contributed by atoms with van der Waals surface area (Å²) < 4.78 is 18.4. The van der Waals surface area contributed by atoms with Crippen molar-refractivity contribution in [2.24, 2.45) is 0 Å². The van der Waals surface area contributed by atoms with Crippen molar-refractivity contribution in [3.63, 3.8) is 0 Å². The molecule has 4 nitrogen and oxygen atoms in total. The minimum absolute atomic E-state index is 0.327. The van der Waals surface area contributed by atoms with Gasteiger partial charge in [0.25, 0.3) is 5.91 Å². The molecule has 1 aromatic heterocycles. The number of anilines is 1. The van der Waals surface area contributed by atoms with Gasteiger partial charge in [0.05, 0.1) is 0 Å². The number of benzene rings is 2. The zero-order valence-electron chi connectivity index (χ0n) is 10.7. The molecule has 0 saturated carbocycles. The molecule has 0 aliphatic heterocycles. The van der Waals surface area contributed by atoms with Crippen LogP contribution in [0.5, 0.6) is 0 Å². The van der Waals surface area contributed by atoms with Gasteiger partial charge in [0, 0.05) is 18.2 Å². The standard InChI is InChI=1S/C15H11FN2O2/c1-9-17-13-6-5-10(7-14(13)20-9)15(19)18-12-4-2-3-11(16)8-12/h2-8H,1H3,(H,18,19). The molecule has 5 heteroatoms. The molecule has 1 amide bonds. The van der Waals surface area contributed by atoms with Crippen molar-refractivity contribution in [3.05, 3.63) is 59.7 Å². The van der Waals surface area contributed by atoms with Crippen LogP contribution in [0, 0.1) is 12.7 Å². The van der Waals surface area contributed by atoms with E-state index >= 15 is 0 Å². The Morgan fingerprint density at radius 1 is 1.25 bits per heavy atom. The number of aromatic nitrogens is 1. The average molecular weight is 270 g/mol. The first-order valence-electron chi connectivity index (χ1n) is 6.06. The van der Waals surface area contributed by atoms with E-state index in [0.717, 1.165) is 0 Å². The molecule has 0 aliphatic rings. The highest BCUT2D eigenvalue weighted by molar-refractivity contribution is 6.05. The molecule has 0 unspecified atom stereocenters. The molecule has 1 N–H and O–H groups in total. The first-order chi connectivity index (χ1) is 9.61. The highest BCUT2D eigenvalue weighted by Crippen LogP contribution is 2.18. The number of halogens is 1. The Morgan fingerprint density at radius 3 is 2.90 bits per heavy atom. The Labute approximate surface area is 114 Å². The van der Waals surface area contributed by atoms with Gasteiger partial charge in [-0.3, -0.25) is 4.79 Å². The van der Waals surface area contributed by atoms with Crippen LogP contribution >= 0.6 is 0 Å². The third-order valence-corrected chi connectivity index (χ3v) is 2.84. The predicted molar refractivity (Wildman–Crippen MR) is 73.1 cm³/mol. The van der Waals surface area contributed by atoms with Crippen molar-refractivity contribution in [1.82, 2.24) is 4.98 Å². The summed E-state index contributed by atoms with van der Waals surface area (Å²) in [5.41, 5.74) is 2.08. The molecule has 0 spiro atoms. The van der Waals surface area contributed by atoms with Crippen molar-refractivity contribution >= 4 is 22.7 Å². The molecule has 0 bridgehead atoms. The number of hydrogen-bond donors (Lipinski definition) is 1. The summed E-state index contributed by atoms with van der Waals surface area (Å²) in [7, 11) is 0. The smallest absolute Gasteiger partial charge is 0.255 e. The van der Waals surface area contributed by atoms with Crippen molar-refractivity contribution in [2.75, 3.05) is 5.32 Å². The number of carbonyl (C=O) groups is 1. The molecule has 2 aromatic carbocycles. The summed E-state index contributed by atoms with van der Waals surface area (Å²) in [6, 6.07) is 10.7. The fourth-order valence-corrected chi connectivity index (χ4v) is 1.95. The lowest BCUT2D eigenvalue weighted by Crippen LogP contribution is -2.11. The van der Waals surface area contributed by atoms with Crippen LogP contribution in [-0.2, 0) is 0 Å². The Hall–Kier alpha value is -2.69. The van der Waals surface area contributed by atoms with Gasteiger partial charge in [0.15, 0.2) is 11.5 Å². The van der Waals surface area contributed by atoms with Crippen LogP contribution in [0.1, 0.15) is 16.2 Å². The van der Waals surface area contributed by atoms with Gasteiger partial charge in [-0.1, -0.05) is 6.07 Å². The second kappa shape index (κ2) is 4.77. The fourth-order valence-electron chi connectivity index (χ4n) is 1.95. The molecule has 1 heterocycles. The quantitative estimate of drug-likeness (QED) is 0.775. The maximum Gasteiger partial charge on any atom is 0.255 e. The van der Waals surface area contributed by atoms with Gasteiger partial charge >= 0.3 is 0 Å². The monoisotopic (exact) mass is 270 g/mol. The van der Waals surface area contributed by atoms with Crippen molar-refractivity contribution < 1.29 is 13.6 Å². The molecule has 0 aliphatic carbocycles. The van der Waals surface area contributed by atoms with E-state index in [1.165, 1.54) is 18.2 Å². The summed E-state index contributed by atoms with van der Waals surface area (Å²) in [5.74, 6) is -0.182. The summed E-state index contributed by atoms with van der Waals surface area (Å²) in [5, 5.41) is 2.63. The minimum Gasteiger partial charge on any atom is -0.441 e. The SMILES string of the molecule is Cc1nc2ccc(C(=O)Nc3cccc(F)c3)cc2o1. The van der Waals surface area contributed by atoms with Crippen LogP contribution < -0.4 is 5.32 Å². The van der Waals surface area contributed by atoms with Gasteiger partial charge < -0.3 is 9.73 Å². The Morgan fingerprint density at radius 2 is 2.10 bits per heavy atom. The summed E-state index contributed by atoms with van der Waals surface area (Å²) >= 11 is 0. The molecule has 0 fully saturated rings. The molecule has 3 rings (SSSR count). The van der Waals surface area contributed by atoms with Gasteiger partial charge in [0.2, 0.25) is 0 Å². The minimum atomic E-state index is -0.399. The number of fused-ring (bicyclic) bond motifs is 1. The van der Waals surface area contributed by atoms with Crippen LogP contribution in [-0.4, -0.2) is 10.9 Å². The van der Waals surface area contributed by atoms with Crippen molar-refractivity contribution in [3.8, 4) is 0 Å². The van der Waals surface area contributed by atoms with E-state index in [9.17, 15) is 9.18 Å². The summed E-state index contributed by atoms with van der Waals surface area (Å²) in [6.07, 6.45) is 0. The fraction of sp³-hybridized carbons (Fsp3) is 0.0667. The lowest BCUT2D eigenvalue weighted by atomic mass is 10.2. The second-order valence-electron chi connectivity index (χ2n) is 4.38. The number of aryl methyl sites for hydroxylation is 1. The molecule has 3 aromatic rings. The van der Waals surface area contributed by atoms with E-state index in [4.69, 9.17) is 4.42 Å². The third-order valence-electron chi connectivity index (χ3n) is 2.84. The lowest BCUT2D eigenvalue weighted by Gasteiger charge is -2.04. The van der Waals surface area contributed by atoms with Crippen molar-refractivity contribution in [1.29, 1.82) is 0 Å². The Bertz CT molecular complexity index is 795. The summed E-state index contributed by atoms with van der Waals surface area (Å²) in [6.45, 7) is 1.74. The van der Waals surface area contributed by atoms with E-state index in [1.54, 1.807) is 31.2 Å². The molecule has 0 radical (unpaired) electrons. The molecular formula is C15H11FN2O2. The van der Waals surface area contributed by atoms with Gasteiger partial charge in [-0.15, -0.1) is 0 Å². The molecule has 0 atom stereocenters. The molecule has 100 valence electrons. The van der Waals surface area contributed by atoms with Gasteiger partial charge in [-0.25, -0.2) is 9.37 Å². The molecule has 0 saturated heterocycles. The number of hydrogen-bond acceptors (Lipinski definition) is 3. The van der Waals surface area contributed by atoms with Crippen LogP contribution in [0.3, 0.4) is 0 Å². The lowest BCUT2D eigenvalue weighted by molar-refractivity contribution is 0.102. The highest BCUT2D eigenvalue weighted by atomic mass is 19.1. The first kappa shape index (κ1) is 12.3. The highest BCUT2D eigenvalue weighted by Gasteiger charge is 2.10. The van der Waals surface area contributed by atoms with Gasteiger partial charge in [-0.05, 0) is 36.4 Å². The second-order valence-corrected chi connectivity index (χ2v) is 4.38. The van der Waals surface area contributed by atoms with Crippen LogP contribution in [0.2, 0.25) is 0 Å². The maximum atomic E-state index is 13.1. The molecule has 20 heavy (non-hydrogen) atoms. The normalized spacial score (nSPS) is 10.7. The molecular weight excluding hydrogens is 259 g/mol. The Kier molecular flexibility index (Phi) is 2.95. The average Bonchev–Trinajstić information content (AvgIpc) is 2.77. The first-order valence-corrected chi connectivity index (χ1v) is 6.06. The van der Waals surface area contributed by atoms with Gasteiger partial charge in [0.1, 0.15) is 11.3 Å². The van der Waals surface area contributed by atoms with Crippen LogP contribution in [0.15, 0.2) is 46.9 Å². The zero-order valence-corrected chi connectivity index (χ0v) is 10.7. The summed E-state index contributed by atoms with van der Waals surface area (Å²) in [4.78, 5) is 16.2. The van der Waals surface area contributed by atoms with Gasteiger partial charge in [-0.2, -0.15) is 0 Å². The zero-order chi connectivity index (χ0) is 14.1. The van der Waals surface area contributed by atoms with E-state index < -0.39 is 5.82 Å². The number of oxazole rings is 1. The topological polar surface area (TPSA) is 55.1 Å². The number of carbonyl (C=O) groups excluding carboxylic acids is 1. The van der Waals surface area contributed by atoms with E-state index in [1.807, 2.05) is 0 Å². The van der Waals surface area contributed by atoms with Crippen molar-refractivity contribution in [2.45, 2.75) is 6.92 Å². The third kappa shape index (κ3) is 2.38. The van der Waals surface area contributed by atoms with Crippen LogP contribution in [0.25, 0.3) is 11.1 Å². The Balaban J connectivity index is 1.88. The van der Waals surface area contributed by atoms with E-state index in [0.29, 0.717) is 28.2 Å². The number of nitrogens with one attached hydrogen (secondary N) is 1. The number of rotatable bonds is 2. The number of amides is 1.